The highest BCUT2D eigenvalue weighted by Gasteiger charge is 2.53. The summed E-state index contributed by atoms with van der Waals surface area (Å²) in [4.78, 5) is 6.76. The van der Waals surface area contributed by atoms with Crippen molar-refractivity contribution in [2.45, 2.75) is 39.8 Å². The highest BCUT2D eigenvalue weighted by molar-refractivity contribution is 5.82. The van der Waals surface area contributed by atoms with Crippen LogP contribution in [0.1, 0.15) is 33.3 Å². The van der Waals surface area contributed by atoms with Crippen LogP contribution in [0.15, 0.2) is 17.1 Å². The quantitative estimate of drug-likeness (QED) is 0.654. The number of hydrogen-bond acceptors (Lipinski definition) is 4. The molecule has 1 heterocycles. The van der Waals surface area contributed by atoms with Gasteiger partial charge in [-0.25, -0.2) is 0 Å². The molecular weight excluding hydrogens is 318 g/mol. The van der Waals surface area contributed by atoms with Crippen molar-refractivity contribution in [3.8, 4) is 17.2 Å². The van der Waals surface area contributed by atoms with Gasteiger partial charge in [-0.2, -0.15) is 0 Å². The molecule has 0 radical (unpaired) electrons. The summed E-state index contributed by atoms with van der Waals surface area (Å²) in [7, 11) is 6.67. The summed E-state index contributed by atoms with van der Waals surface area (Å²) < 4.78 is 16.2. The Kier molecular flexibility index (Phi) is 5.40. The number of aliphatic imine (C=N–C) groups is 1. The van der Waals surface area contributed by atoms with E-state index >= 15 is 0 Å². The van der Waals surface area contributed by atoms with Gasteiger partial charge in [0.15, 0.2) is 17.5 Å². The molecule has 25 heavy (non-hydrogen) atoms. The molecule has 0 aromatic heterocycles. The molecule has 1 fully saturated rings. The molecule has 140 valence electrons. The van der Waals surface area contributed by atoms with E-state index in [-0.39, 0.29) is 11.0 Å². The van der Waals surface area contributed by atoms with Gasteiger partial charge in [0, 0.05) is 31.1 Å². The molecule has 0 amide bonds. The Morgan fingerprint density at radius 3 is 2.00 bits per heavy atom. The van der Waals surface area contributed by atoms with E-state index < -0.39 is 0 Å². The maximum Gasteiger partial charge on any atom is 0.203 e. The molecule has 1 aromatic rings. The van der Waals surface area contributed by atoms with Crippen LogP contribution in [0.3, 0.4) is 0 Å². The first-order valence-electron chi connectivity index (χ1n) is 8.49. The van der Waals surface area contributed by atoms with Crippen LogP contribution in [0, 0.1) is 5.41 Å². The zero-order chi connectivity index (χ0) is 18.8. The maximum atomic E-state index is 5.42. The number of nitrogens with one attached hydrogen (secondary N) is 1. The second-order valence-corrected chi connectivity index (χ2v) is 7.46. The first-order chi connectivity index (χ1) is 11.7. The van der Waals surface area contributed by atoms with E-state index in [1.807, 2.05) is 19.2 Å². The number of ether oxygens (including phenoxy) is 3. The monoisotopic (exact) mass is 349 g/mol. The van der Waals surface area contributed by atoms with E-state index in [2.05, 4.69) is 42.9 Å². The molecule has 1 aromatic carbocycles. The van der Waals surface area contributed by atoms with Crippen molar-refractivity contribution in [1.29, 1.82) is 0 Å². The number of methoxy groups -OCH3 is 3. The molecule has 0 saturated carbocycles. The van der Waals surface area contributed by atoms with Crippen LogP contribution < -0.4 is 19.5 Å². The molecule has 6 nitrogen and oxygen atoms in total. The smallest absolute Gasteiger partial charge is 0.203 e. The summed E-state index contributed by atoms with van der Waals surface area (Å²) in [5.41, 5.74) is 1.36. The third kappa shape index (κ3) is 3.34. The van der Waals surface area contributed by atoms with Crippen LogP contribution in [0.25, 0.3) is 0 Å². The molecule has 0 aliphatic carbocycles. The largest absolute Gasteiger partial charge is 0.493 e. The molecule has 1 N–H and O–H groups in total. The van der Waals surface area contributed by atoms with Crippen LogP contribution in [0.5, 0.6) is 17.2 Å². The van der Waals surface area contributed by atoms with Gasteiger partial charge in [-0.3, -0.25) is 4.99 Å². The number of rotatable bonds is 5. The van der Waals surface area contributed by atoms with Crippen LogP contribution in [-0.2, 0) is 6.54 Å². The fourth-order valence-corrected chi connectivity index (χ4v) is 3.11. The van der Waals surface area contributed by atoms with Crippen LogP contribution >= 0.6 is 0 Å². The van der Waals surface area contributed by atoms with E-state index in [9.17, 15) is 0 Å². The first-order valence-corrected chi connectivity index (χ1v) is 8.49. The minimum atomic E-state index is 0.0597. The number of hydrogen-bond donors (Lipinski definition) is 1. The lowest BCUT2D eigenvalue weighted by molar-refractivity contribution is -0.0667. The van der Waals surface area contributed by atoms with Gasteiger partial charge in [0.1, 0.15) is 0 Å². The van der Waals surface area contributed by atoms with Crippen molar-refractivity contribution >= 4 is 5.96 Å². The first kappa shape index (κ1) is 19.2. The molecule has 0 unspecified atom stereocenters. The van der Waals surface area contributed by atoms with Crippen molar-refractivity contribution in [2.75, 3.05) is 34.9 Å². The average Bonchev–Trinajstić information content (AvgIpc) is 2.60. The second-order valence-electron chi connectivity index (χ2n) is 7.46. The van der Waals surface area contributed by atoms with Gasteiger partial charge in [0.2, 0.25) is 5.75 Å². The molecule has 1 saturated heterocycles. The van der Waals surface area contributed by atoms with E-state index in [0.717, 1.165) is 18.1 Å². The van der Waals surface area contributed by atoms with Crippen molar-refractivity contribution in [1.82, 2.24) is 10.2 Å². The lowest BCUT2D eigenvalue weighted by Crippen LogP contribution is -2.72. The van der Waals surface area contributed by atoms with Crippen LogP contribution in [0.4, 0.5) is 0 Å². The zero-order valence-electron chi connectivity index (χ0n) is 16.7. The van der Waals surface area contributed by atoms with Gasteiger partial charge in [0.05, 0.1) is 21.3 Å². The standard InChI is InChI=1S/C19H31N3O3/c1-18(2)12-22(19(18,3)4)17(20-5)21-11-13-9-14(23-6)16(25-8)15(10-13)24-7/h9-10H,11-12H2,1-8H3,(H,20,21). The summed E-state index contributed by atoms with van der Waals surface area (Å²) in [5, 5.41) is 3.45. The Labute approximate surface area is 151 Å². The van der Waals surface area contributed by atoms with Gasteiger partial charge in [-0.15, -0.1) is 0 Å². The van der Waals surface area contributed by atoms with Crippen LogP contribution in [-0.4, -0.2) is 51.3 Å². The van der Waals surface area contributed by atoms with Crippen molar-refractivity contribution < 1.29 is 14.2 Å². The van der Waals surface area contributed by atoms with Gasteiger partial charge in [0.25, 0.3) is 0 Å². The molecular formula is C19H31N3O3. The SMILES string of the molecule is CN=C(NCc1cc(OC)c(OC)c(OC)c1)N1CC(C)(C)C1(C)C. The third-order valence-electron chi connectivity index (χ3n) is 5.53. The molecule has 2 rings (SSSR count). The number of nitrogens with zero attached hydrogens (tertiary/aromatic N) is 2. The van der Waals surface area contributed by atoms with Crippen LogP contribution in [0.2, 0.25) is 0 Å². The molecule has 6 heteroatoms. The Morgan fingerprint density at radius 2 is 1.64 bits per heavy atom. The minimum absolute atomic E-state index is 0.0597. The lowest BCUT2D eigenvalue weighted by atomic mass is 9.65. The molecule has 1 aliphatic heterocycles. The fraction of sp³-hybridized carbons (Fsp3) is 0.632. The zero-order valence-corrected chi connectivity index (χ0v) is 16.7. The Morgan fingerprint density at radius 1 is 1.08 bits per heavy atom. The second kappa shape index (κ2) is 7.02. The summed E-state index contributed by atoms with van der Waals surface area (Å²) in [6.07, 6.45) is 0. The number of likely N-dealkylation sites (tertiary alicyclic amines) is 1. The van der Waals surface area contributed by atoms with Gasteiger partial charge < -0.3 is 24.4 Å². The average molecular weight is 349 g/mol. The summed E-state index contributed by atoms with van der Waals surface area (Å²) in [6.45, 7) is 10.7. The molecule has 0 atom stereocenters. The van der Waals surface area contributed by atoms with Gasteiger partial charge >= 0.3 is 0 Å². The minimum Gasteiger partial charge on any atom is -0.493 e. The summed E-state index contributed by atoms with van der Waals surface area (Å²) in [5.74, 6) is 2.81. The van der Waals surface area contributed by atoms with Gasteiger partial charge in [-0.05, 0) is 31.5 Å². The maximum absolute atomic E-state index is 5.42. The number of guanidine groups is 1. The predicted octanol–water partition coefficient (Wildman–Crippen LogP) is 2.91. The highest BCUT2D eigenvalue weighted by Crippen LogP contribution is 2.46. The van der Waals surface area contributed by atoms with Gasteiger partial charge in [-0.1, -0.05) is 13.8 Å². The normalized spacial score (nSPS) is 18.4. The molecule has 0 bridgehead atoms. The van der Waals surface area contributed by atoms with E-state index in [0.29, 0.717) is 23.8 Å². The Hall–Kier alpha value is -2.11. The van der Waals surface area contributed by atoms with E-state index in [4.69, 9.17) is 14.2 Å². The summed E-state index contributed by atoms with van der Waals surface area (Å²) >= 11 is 0. The van der Waals surface area contributed by atoms with E-state index in [1.54, 1.807) is 21.3 Å². The van der Waals surface area contributed by atoms with Crippen molar-refractivity contribution in [2.24, 2.45) is 10.4 Å². The Balaban J connectivity index is 2.15. The van der Waals surface area contributed by atoms with Crippen molar-refractivity contribution in [3.63, 3.8) is 0 Å². The molecule has 1 aliphatic rings. The highest BCUT2D eigenvalue weighted by atomic mass is 16.5. The third-order valence-corrected chi connectivity index (χ3v) is 5.53. The van der Waals surface area contributed by atoms with Crippen molar-refractivity contribution in [3.05, 3.63) is 17.7 Å². The topological polar surface area (TPSA) is 55.3 Å². The summed E-state index contributed by atoms with van der Waals surface area (Å²) in [6, 6.07) is 3.90. The lowest BCUT2D eigenvalue weighted by Gasteiger charge is -2.62. The van der Waals surface area contributed by atoms with E-state index in [1.165, 1.54) is 0 Å². The Bertz CT molecular complexity index is 628. The fourth-order valence-electron chi connectivity index (χ4n) is 3.11. The number of benzene rings is 1. The molecule has 0 spiro atoms. The predicted molar refractivity (Wildman–Crippen MR) is 101 cm³/mol.